The van der Waals surface area contributed by atoms with E-state index < -0.39 is 0 Å². The molecule has 0 bridgehead atoms. The van der Waals surface area contributed by atoms with Crippen molar-refractivity contribution in [1.82, 2.24) is 19.9 Å². The molecule has 0 saturated carbocycles. The first-order valence-corrected chi connectivity index (χ1v) is 8.01. The topological polar surface area (TPSA) is 102 Å². The summed E-state index contributed by atoms with van der Waals surface area (Å²) >= 11 is 1.59. The molecule has 3 rings (SSSR count). The Kier molecular flexibility index (Phi) is 4.97. The molecule has 120 valence electrons. The molecule has 3 aromatic rings. The minimum absolute atomic E-state index is 0.346. The highest BCUT2D eigenvalue weighted by molar-refractivity contribution is 7.18. The summed E-state index contributed by atoms with van der Waals surface area (Å²) in [5.41, 5.74) is 7.91. The number of aromatic nitrogens is 4. The van der Waals surface area contributed by atoms with Gasteiger partial charge in [-0.1, -0.05) is 0 Å². The van der Waals surface area contributed by atoms with Gasteiger partial charge < -0.3 is 5.73 Å². The van der Waals surface area contributed by atoms with Crippen LogP contribution in [0, 0.1) is 6.92 Å². The van der Waals surface area contributed by atoms with Crippen LogP contribution in [0.5, 0.6) is 0 Å². The van der Waals surface area contributed by atoms with Crippen molar-refractivity contribution in [3.05, 3.63) is 48.3 Å². The van der Waals surface area contributed by atoms with Crippen LogP contribution in [-0.4, -0.2) is 32.6 Å². The van der Waals surface area contributed by atoms with E-state index in [0.717, 1.165) is 26.8 Å². The molecule has 0 spiro atoms. The lowest BCUT2D eigenvalue weighted by Crippen LogP contribution is -1.95. The Hall–Kier alpha value is -3.00. The number of nitrogens with two attached hydrogens (primary N) is 1. The van der Waals surface area contributed by atoms with Crippen molar-refractivity contribution in [2.75, 3.05) is 0 Å². The Morgan fingerprint density at radius 2 is 2.17 bits per heavy atom. The number of rotatable bonds is 5. The summed E-state index contributed by atoms with van der Waals surface area (Å²) in [5.74, 6) is 0.617. The summed E-state index contributed by atoms with van der Waals surface area (Å²) in [6.07, 6.45) is 7.84. The molecular weight excluding hydrogens is 322 g/mol. The van der Waals surface area contributed by atoms with Gasteiger partial charge in [-0.05, 0) is 25.1 Å². The molecule has 0 amide bonds. The van der Waals surface area contributed by atoms with Gasteiger partial charge in [0.15, 0.2) is 0 Å². The number of aliphatic imine (C=N–C) groups is 2. The average molecular weight is 337 g/mol. The van der Waals surface area contributed by atoms with Crippen LogP contribution in [0.4, 0.5) is 0 Å². The fourth-order valence-corrected chi connectivity index (χ4v) is 3.08. The van der Waals surface area contributed by atoms with E-state index in [0.29, 0.717) is 12.4 Å². The smallest absolute Gasteiger partial charge is 0.150 e. The van der Waals surface area contributed by atoms with Crippen molar-refractivity contribution in [2.24, 2.45) is 15.7 Å². The van der Waals surface area contributed by atoms with E-state index in [-0.39, 0.29) is 0 Å². The fourth-order valence-electron chi connectivity index (χ4n) is 2.06. The van der Waals surface area contributed by atoms with Crippen LogP contribution in [0.1, 0.15) is 11.5 Å². The minimum atomic E-state index is 0.346. The third kappa shape index (κ3) is 3.66. The average Bonchev–Trinajstić information content (AvgIpc) is 3.02. The maximum Gasteiger partial charge on any atom is 0.150 e. The van der Waals surface area contributed by atoms with Crippen LogP contribution >= 0.6 is 11.3 Å². The third-order valence-electron chi connectivity index (χ3n) is 3.11. The summed E-state index contributed by atoms with van der Waals surface area (Å²) in [4.78, 5) is 26.4. The van der Waals surface area contributed by atoms with E-state index in [4.69, 9.17) is 5.73 Å². The Bertz CT molecular complexity index is 871. The lowest BCUT2D eigenvalue weighted by Gasteiger charge is -2.00. The molecule has 2 N–H and O–H groups in total. The number of nitrogens with zero attached hydrogens (tertiary/aromatic N) is 6. The van der Waals surface area contributed by atoms with Gasteiger partial charge in [0, 0.05) is 24.2 Å². The molecular formula is C16H15N7S. The number of thiazole rings is 1. The molecule has 0 radical (unpaired) electrons. The van der Waals surface area contributed by atoms with E-state index in [1.807, 2.05) is 25.1 Å². The van der Waals surface area contributed by atoms with Gasteiger partial charge >= 0.3 is 0 Å². The maximum atomic E-state index is 5.15. The van der Waals surface area contributed by atoms with Crippen LogP contribution in [0.15, 0.2) is 46.8 Å². The predicted octanol–water partition coefficient (Wildman–Crippen LogP) is 2.49. The highest BCUT2D eigenvalue weighted by atomic mass is 32.1. The van der Waals surface area contributed by atoms with Gasteiger partial charge in [-0.15, -0.1) is 11.3 Å². The number of aryl methyl sites for hydroxylation is 1. The molecule has 0 fully saturated rings. The van der Waals surface area contributed by atoms with Gasteiger partial charge in [0.25, 0.3) is 0 Å². The molecule has 24 heavy (non-hydrogen) atoms. The van der Waals surface area contributed by atoms with Crippen molar-refractivity contribution in [2.45, 2.75) is 13.5 Å². The molecule has 3 aromatic heterocycles. The molecule has 7 nitrogen and oxygen atoms in total. The monoisotopic (exact) mass is 337 g/mol. The molecule has 8 heteroatoms. The van der Waals surface area contributed by atoms with Crippen molar-refractivity contribution in [1.29, 1.82) is 0 Å². The fraction of sp³-hybridized carbons (Fsp3) is 0.125. The van der Waals surface area contributed by atoms with Crippen molar-refractivity contribution in [3.63, 3.8) is 0 Å². The highest BCUT2D eigenvalue weighted by Gasteiger charge is 2.13. The number of hydrogen-bond acceptors (Lipinski definition) is 6. The standard InChI is InChI=1S/C16H15N7S/c1-11-15(24-16(22-11)12-3-2-5-18-7-12)13-4-6-21-14(23-13)8-19-10-20-9-17/h2-7,9-10H,8H2,1H3,(H2,17,19,20). The minimum Gasteiger partial charge on any atom is -0.390 e. The zero-order valence-electron chi connectivity index (χ0n) is 13.0. The second-order valence-electron chi connectivity index (χ2n) is 4.79. The van der Waals surface area contributed by atoms with Gasteiger partial charge in [-0.2, -0.15) is 0 Å². The summed E-state index contributed by atoms with van der Waals surface area (Å²) < 4.78 is 0. The predicted molar refractivity (Wildman–Crippen MR) is 96.0 cm³/mol. The Labute approximate surface area is 143 Å². The molecule has 3 heterocycles. The first-order valence-electron chi connectivity index (χ1n) is 7.19. The molecule has 0 aromatic carbocycles. The van der Waals surface area contributed by atoms with Gasteiger partial charge in [-0.25, -0.2) is 19.9 Å². The largest absolute Gasteiger partial charge is 0.390 e. The van der Waals surface area contributed by atoms with Crippen LogP contribution in [-0.2, 0) is 6.54 Å². The van der Waals surface area contributed by atoms with E-state index in [9.17, 15) is 0 Å². The Morgan fingerprint density at radius 1 is 1.25 bits per heavy atom. The molecule has 0 aliphatic carbocycles. The van der Waals surface area contributed by atoms with E-state index in [1.165, 1.54) is 12.7 Å². The molecule has 0 aliphatic heterocycles. The molecule has 0 unspecified atom stereocenters. The third-order valence-corrected chi connectivity index (χ3v) is 4.34. The van der Waals surface area contributed by atoms with Gasteiger partial charge in [0.05, 0.1) is 22.6 Å². The molecule has 0 aliphatic rings. The molecule has 0 saturated heterocycles. The van der Waals surface area contributed by atoms with Crippen LogP contribution < -0.4 is 5.73 Å². The summed E-state index contributed by atoms with van der Waals surface area (Å²) in [7, 11) is 0. The quantitative estimate of drug-likeness (QED) is 0.569. The zero-order valence-corrected chi connectivity index (χ0v) is 13.8. The summed E-state index contributed by atoms with van der Waals surface area (Å²) in [6.45, 7) is 2.32. The normalized spacial score (nSPS) is 11.5. The Morgan fingerprint density at radius 3 is 2.96 bits per heavy atom. The SMILES string of the molecule is Cc1nc(-c2cccnc2)sc1-c1ccnc(CN=CN=CN)n1. The first-order chi connectivity index (χ1) is 11.8. The number of pyridine rings is 1. The summed E-state index contributed by atoms with van der Waals surface area (Å²) in [5, 5.41) is 0.922. The lowest BCUT2D eigenvalue weighted by molar-refractivity contribution is 0.915. The van der Waals surface area contributed by atoms with E-state index in [2.05, 4.69) is 29.9 Å². The first kappa shape index (κ1) is 15.9. The van der Waals surface area contributed by atoms with Crippen LogP contribution in [0.3, 0.4) is 0 Å². The zero-order chi connectivity index (χ0) is 16.8. The summed E-state index contributed by atoms with van der Waals surface area (Å²) in [6, 6.07) is 5.77. The lowest BCUT2D eigenvalue weighted by atomic mass is 10.3. The van der Waals surface area contributed by atoms with Gasteiger partial charge in [-0.3, -0.25) is 9.98 Å². The number of hydrogen-bond donors (Lipinski definition) is 1. The van der Waals surface area contributed by atoms with Crippen molar-refractivity contribution >= 4 is 24.0 Å². The van der Waals surface area contributed by atoms with Crippen molar-refractivity contribution < 1.29 is 0 Å². The highest BCUT2D eigenvalue weighted by Crippen LogP contribution is 2.33. The second kappa shape index (κ2) is 7.51. The van der Waals surface area contributed by atoms with Gasteiger partial charge in [0.2, 0.25) is 0 Å². The maximum absolute atomic E-state index is 5.15. The van der Waals surface area contributed by atoms with E-state index >= 15 is 0 Å². The Balaban J connectivity index is 1.88. The van der Waals surface area contributed by atoms with Crippen LogP contribution in [0.25, 0.3) is 21.1 Å². The molecule has 0 atom stereocenters. The van der Waals surface area contributed by atoms with Gasteiger partial charge in [0.1, 0.15) is 23.7 Å². The van der Waals surface area contributed by atoms with E-state index in [1.54, 1.807) is 29.9 Å². The van der Waals surface area contributed by atoms with Crippen molar-refractivity contribution in [3.8, 4) is 21.1 Å². The second-order valence-corrected chi connectivity index (χ2v) is 5.79. The van der Waals surface area contributed by atoms with Crippen LogP contribution in [0.2, 0.25) is 0 Å².